The van der Waals surface area contributed by atoms with Crippen LogP contribution >= 0.6 is 15.9 Å². The first-order valence-electron chi connectivity index (χ1n) is 5.69. The van der Waals surface area contributed by atoms with Crippen molar-refractivity contribution in [2.45, 2.75) is 13.0 Å². The second kappa shape index (κ2) is 5.87. The van der Waals surface area contributed by atoms with E-state index in [1.807, 2.05) is 24.3 Å². The number of methoxy groups -OCH3 is 1. The van der Waals surface area contributed by atoms with Crippen LogP contribution in [0.15, 0.2) is 51.9 Å². The molecule has 2 aromatic rings. The molecule has 0 spiro atoms. The number of nitrogens with zero attached hydrogens (tertiary/aromatic N) is 1. The van der Waals surface area contributed by atoms with Gasteiger partial charge in [-0.25, -0.2) is 0 Å². The molecule has 0 aliphatic carbocycles. The third-order valence-electron chi connectivity index (χ3n) is 2.79. The zero-order chi connectivity index (χ0) is 13.0. The lowest BCUT2D eigenvalue weighted by Crippen LogP contribution is -2.21. The van der Waals surface area contributed by atoms with Crippen molar-refractivity contribution in [3.8, 4) is 5.75 Å². The summed E-state index contributed by atoms with van der Waals surface area (Å²) in [4.78, 5) is 11.9. The first-order chi connectivity index (χ1) is 8.72. The number of benzene rings is 1. The van der Waals surface area contributed by atoms with E-state index in [0.29, 0.717) is 12.3 Å². The molecule has 0 saturated carbocycles. The fourth-order valence-electron chi connectivity index (χ4n) is 1.79. The molecule has 0 aliphatic rings. The number of pyridine rings is 1. The molecule has 1 aromatic heterocycles. The molecule has 0 fully saturated rings. The molecule has 1 heterocycles. The molecule has 0 bridgehead atoms. The minimum atomic E-state index is -0.0907. The van der Waals surface area contributed by atoms with Crippen molar-refractivity contribution < 1.29 is 4.74 Å². The maximum atomic E-state index is 11.9. The SMILES string of the molecule is COc1cccn(CCc2ccccc2Br)c1=O. The summed E-state index contributed by atoms with van der Waals surface area (Å²) in [5.74, 6) is 0.379. The van der Waals surface area contributed by atoms with Crippen LogP contribution in [0.25, 0.3) is 0 Å². The molecule has 0 saturated heterocycles. The lowest BCUT2D eigenvalue weighted by molar-refractivity contribution is 0.402. The van der Waals surface area contributed by atoms with Gasteiger partial charge in [-0.15, -0.1) is 0 Å². The van der Waals surface area contributed by atoms with Crippen LogP contribution in [-0.2, 0) is 13.0 Å². The molecule has 0 unspecified atom stereocenters. The quantitative estimate of drug-likeness (QED) is 0.870. The maximum absolute atomic E-state index is 11.9. The monoisotopic (exact) mass is 307 g/mol. The van der Waals surface area contributed by atoms with Crippen molar-refractivity contribution in [1.29, 1.82) is 0 Å². The van der Waals surface area contributed by atoms with Crippen molar-refractivity contribution in [3.05, 3.63) is 63.0 Å². The molecule has 1 aromatic carbocycles. The number of halogens is 1. The molecule has 2 rings (SSSR count). The van der Waals surface area contributed by atoms with E-state index in [2.05, 4.69) is 22.0 Å². The van der Waals surface area contributed by atoms with Gasteiger partial charge in [-0.2, -0.15) is 0 Å². The predicted octanol–water partition coefficient (Wildman–Crippen LogP) is 2.86. The molecule has 0 atom stereocenters. The number of ether oxygens (including phenoxy) is 1. The van der Waals surface area contributed by atoms with Gasteiger partial charge >= 0.3 is 0 Å². The van der Waals surface area contributed by atoms with E-state index >= 15 is 0 Å². The predicted molar refractivity (Wildman–Crippen MR) is 75.1 cm³/mol. The van der Waals surface area contributed by atoms with Crippen LogP contribution in [0.5, 0.6) is 5.75 Å². The van der Waals surface area contributed by atoms with Crippen LogP contribution in [0.4, 0.5) is 0 Å². The Kier molecular flexibility index (Phi) is 4.20. The van der Waals surface area contributed by atoms with Crippen molar-refractivity contribution in [2.75, 3.05) is 7.11 Å². The van der Waals surface area contributed by atoms with Gasteiger partial charge in [-0.1, -0.05) is 34.1 Å². The summed E-state index contributed by atoms with van der Waals surface area (Å²) in [6, 6.07) is 11.5. The Morgan fingerprint density at radius 1 is 1.22 bits per heavy atom. The summed E-state index contributed by atoms with van der Waals surface area (Å²) in [7, 11) is 1.51. The van der Waals surface area contributed by atoms with Crippen molar-refractivity contribution >= 4 is 15.9 Å². The first kappa shape index (κ1) is 12.9. The fourth-order valence-corrected chi connectivity index (χ4v) is 2.27. The second-order valence-electron chi connectivity index (χ2n) is 3.92. The Bertz CT molecular complexity index is 592. The Hall–Kier alpha value is -1.55. The van der Waals surface area contributed by atoms with Gasteiger partial charge in [0.2, 0.25) is 0 Å². The smallest absolute Gasteiger partial charge is 0.292 e. The summed E-state index contributed by atoms with van der Waals surface area (Å²) in [5.41, 5.74) is 1.10. The summed E-state index contributed by atoms with van der Waals surface area (Å²) in [5, 5.41) is 0. The standard InChI is InChI=1S/C14H14BrNO2/c1-18-13-7-4-9-16(14(13)17)10-8-11-5-2-3-6-12(11)15/h2-7,9H,8,10H2,1H3. The van der Waals surface area contributed by atoms with Crippen LogP contribution in [0.2, 0.25) is 0 Å². The van der Waals surface area contributed by atoms with Crippen LogP contribution in [0.1, 0.15) is 5.56 Å². The second-order valence-corrected chi connectivity index (χ2v) is 4.77. The van der Waals surface area contributed by atoms with Crippen LogP contribution in [-0.4, -0.2) is 11.7 Å². The van der Waals surface area contributed by atoms with Gasteiger partial charge in [-0.3, -0.25) is 4.79 Å². The average molecular weight is 308 g/mol. The molecular formula is C14H14BrNO2. The lowest BCUT2D eigenvalue weighted by atomic mass is 10.1. The zero-order valence-corrected chi connectivity index (χ0v) is 11.7. The number of rotatable bonds is 4. The van der Waals surface area contributed by atoms with Crippen LogP contribution in [0, 0.1) is 0 Å². The van der Waals surface area contributed by atoms with Gasteiger partial charge in [0.25, 0.3) is 5.56 Å². The highest BCUT2D eigenvalue weighted by molar-refractivity contribution is 9.10. The highest BCUT2D eigenvalue weighted by atomic mass is 79.9. The van der Waals surface area contributed by atoms with Gasteiger partial charge in [-0.05, 0) is 30.2 Å². The average Bonchev–Trinajstić information content (AvgIpc) is 2.39. The van der Waals surface area contributed by atoms with Gasteiger partial charge in [0.15, 0.2) is 5.75 Å². The molecule has 18 heavy (non-hydrogen) atoms. The van der Waals surface area contributed by atoms with Gasteiger partial charge in [0.05, 0.1) is 7.11 Å². The van der Waals surface area contributed by atoms with Crippen LogP contribution < -0.4 is 10.3 Å². The number of hydrogen-bond acceptors (Lipinski definition) is 2. The molecule has 0 N–H and O–H groups in total. The number of hydrogen-bond donors (Lipinski definition) is 0. The highest BCUT2D eigenvalue weighted by Gasteiger charge is 2.04. The molecule has 0 aliphatic heterocycles. The summed E-state index contributed by atoms with van der Waals surface area (Å²) >= 11 is 3.50. The minimum Gasteiger partial charge on any atom is -0.491 e. The Morgan fingerprint density at radius 2 is 2.00 bits per heavy atom. The lowest BCUT2D eigenvalue weighted by Gasteiger charge is -2.08. The van der Waals surface area contributed by atoms with Gasteiger partial charge in [0.1, 0.15) is 0 Å². The number of aromatic nitrogens is 1. The van der Waals surface area contributed by atoms with Crippen molar-refractivity contribution in [1.82, 2.24) is 4.57 Å². The van der Waals surface area contributed by atoms with E-state index in [-0.39, 0.29) is 5.56 Å². The molecular weight excluding hydrogens is 294 g/mol. The Morgan fingerprint density at radius 3 is 2.72 bits per heavy atom. The minimum absolute atomic E-state index is 0.0907. The summed E-state index contributed by atoms with van der Waals surface area (Å²) in [6.45, 7) is 0.638. The molecule has 0 amide bonds. The van der Waals surface area contributed by atoms with Gasteiger partial charge < -0.3 is 9.30 Å². The molecule has 0 radical (unpaired) electrons. The maximum Gasteiger partial charge on any atom is 0.292 e. The van der Waals surface area contributed by atoms with E-state index in [1.54, 1.807) is 16.8 Å². The summed E-state index contributed by atoms with van der Waals surface area (Å²) in [6.07, 6.45) is 2.58. The van der Waals surface area contributed by atoms with E-state index in [9.17, 15) is 4.79 Å². The third-order valence-corrected chi connectivity index (χ3v) is 3.56. The normalized spacial score (nSPS) is 10.3. The van der Waals surface area contributed by atoms with Crippen LogP contribution in [0.3, 0.4) is 0 Å². The van der Waals surface area contributed by atoms with Gasteiger partial charge in [0, 0.05) is 17.2 Å². The zero-order valence-electron chi connectivity index (χ0n) is 10.1. The van der Waals surface area contributed by atoms with Crippen molar-refractivity contribution in [2.24, 2.45) is 0 Å². The highest BCUT2D eigenvalue weighted by Crippen LogP contribution is 2.16. The van der Waals surface area contributed by atoms with E-state index in [4.69, 9.17) is 4.74 Å². The number of aryl methyl sites for hydroxylation is 2. The largest absolute Gasteiger partial charge is 0.491 e. The molecule has 3 nitrogen and oxygen atoms in total. The van der Waals surface area contributed by atoms with E-state index < -0.39 is 0 Å². The summed E-state index contributed by atoms with van der Waals surface area (Å²) < 4.78 is 7.75. The Labute approximate surface area is 114 Å². The van der Waals surface area contributed by atoms with Crippen molar-refractivity contribution in [3.63, 3.8) is 0 Å². The fraction of sp³-hybridized carbons (Fsp3) is 0.214. The van der Waals surface area contributed by atoms with E-state index in [0.717, 1.165) is 10.9 Å². The van der Waals surface area contributed by atoms with E-state index in [1.165, 1.54) is 12.7 Å². The topological polar surface area (TPSA) is 31.2 Å². The first-order valence-corrected chi connectivity index (χ1v) is 6.48. The molecule has 94 valence electrons. The third kappa shape index (κ3) is 2.82. The Balaban J connectivity index is 2.16. The molecule has 4 heteroatoms.